The molecule has 1 atom stereocenters. The number of carbonyl (C=O) groups is 1. The normalized spacial score (nSPS) is 12.2. The molecule has 0 aliphatic rings. The van der Waals surface area contributed by atoms with Crippen LogP contribution in [0.4, 0.5) is 5.69 Å². The van der Waals surface area contributed by atoms with E-state index in [1.807, 2.05) is 31.2 Å². The zero-order valence-electron chi connectivity index (χ0n) is 12.0. The third-order valence-corrected chi connectivity index (χ3v) is 2.79. The van der Waals surface area contributed by atoms with Crippen molar-refractivity contribution in [1.82, 2.24) is 5.32 Å². The Morgan fingerprint density at radius 1 is 1.32 bits per heavy atom. The first-order valence-corrected chi connectivity index (χ1v) is 6.88. The molecule has 0 aliphatic heterocycles. The summed E-state index contributed by atoms with van der Waals surface area (Å²) in [4.78, 5) is 11.8. The quantitative estimate of drug-likeness (QED) is 0.710. The van der Waals surface area contributed by atoms with Gasteiger partial charge in [-0.2, -0.15) is 0 Å². The van der Waals surface area contributed by atoms with Crippen molar-refractivity contribution in [3.63, 3.8) is 0 Å². The van der Waals surface area contributed by atoms with Crippen LogP contribution in [0.1, 0.15) is 38.8 Å². The highest BCUT2D eigenvalue weighted by atomic mass is 16.5. The molecule has 0 aromatic heterocycles. The Kier molecular flexibility index (Phi) is 7.15. The Bertz CT molecular complexity index is 393. The number of para-hydroxylation sites is 1. The van der Waals surface area contributed by atoms with Gasteiger partial charge in [0.25, 0.3) is 0 Å². The van der Waals surface area contributed by atoms with E-state index in [1.165, 1.54) is 0 Å². The first-order valence-electron chi connectivity index (χ1n) is 6.88. The predicted octanol–water partition coefficient (Wildman–Crippen LogP) is 2.72. The van der Waals surface area contributed by atoms with Gasteiger partial charge < -0.3 is 15.4 Å². The minimum Gasteiger partial charge on any atom is -0.372 e. The Labute approximate surface area is 115 Å². The molecule has 4 nitrogen and oxygen atoms in total. The van der Waals surface area contributed by atoms with Crippen LogP contribution in [-0.2, 0) is 9.53 Å². The first-order chi connectivity index (χ1) is 9.19. The lowest BCUT2D eigenvalue weighted by Crippen LogP contribution is -2.22. The van der Waals surface area contributed by atoms with Gasteiger partial charge in [0.15, 0.2) is 0 Å². The first kappa shape index (κ1) is 15.7. The number of ether oxygens (including phenoxy) is 1. The van der Waals surface area contributed by atoms with Gasteiger partial charge in [0.05, 0.1) is 0 Å². The summed E-state index contributed by atoms with van der Waals surface area (Å²) in [5.74, 6) is -0.107. The zero-order chi connectivity index (χ0) is 14.1. The molecular formula is C15H24N2O2. The molecule has 106 valence electrons. The highest BCUT2D eigenvalue weighted by Gasteiger charge is 2.11. The summed E-state index contributed by atoms with van der Waals surface area (Å²) in [6.45, 7) is 7.79. The number of nitrogens with one attached hydrogen (secondary N) is 2. The van der Waals surface area contributed by atoms with E-state index in [0.717, 1.165) is 24.2 Å². The molecule has 1 unspecified atom stereocenters. The summed E-state index contributed by atoms with van der Waals surface area (Å²) < 4.78 is 5.24. The molecule has 1 aromatic rings. The lowest BCUT2D eigenvalue weighted by molar-refractivity contribution is -0.120. The largest absolute Gasteiger partial charge is 0.372 e. The fourth-order valence-electron chi connectivity index (χ4n) is 1.90. The fraction of sp³-hybridized carbons (Fsp3) is 0.533. The van der Waals surface area contributed by atoms with Crippen LogP contribution in [0.2, 0.25) is 0 Å². The average Bonchev–Trinajstić information content (AvgIpc) is 2.40. The molecule has 1 rings (SSSR count). The lowest BCUT2D eigenvalue weighted by Gasteiger charge is -2.17. The minimum atomic E-state index is -0.107. The van der Waals surface area contributed by atoms with Gasteiger partial charge in [-0.1, -0.05) is 32.0 Å². The second-order valence-corrected chi connectivity index (χ2v) is 4.47. The van der Waals surface area contributed by atoms with E-state index >= 15 is 0 Å². The van der Waals surface area contributed by atoms with E-state index in [1.54, 1.807) is 0 Å². The van der Waals surface area contributed by atoms with E-state index in [2.05, 4.69) is 24.5 Å². The molecule has 19 heavy (non-hydrogen) atoms. The van der Waals surface area contributed by atoms with Gasteiger partial charge in [-0.25, -0.2) is 0 Å². The molecule has 0 fully saturated rings. The van der Waals surface area contributed by atoms with Crippen LogP contribution >= 0.6 is 0 Å². The third kappa shape index (κ3) is 5.41. The summed E-state index contributed by atoms with van der Waals surface area (Å²) in [7, 11) is 0. The fourth-order valence-corrected chi connectivity index (χ4v) is 1.90. The van der Waals surface area contributed by atoms with Crippen LogP contribution in [0.3, 0.4) is 0 Å². The van der Waals surface area contributed by atoms with Gasteiger partial charge in [-0.3, -0.25) is 4.79 Å². The van der Waals surface area contributed by atoms with E-state index in [4.69, 9.17) is 4.74 Å². The second-order valence-electron chi connectivity index (χ2n) is 4.47. The number of hydrogen-bond donors (Lipinski definition) is 2. The van der Waals surface area contributed by atoms with Crippen molar-refractivity contribution in [2.24, 2.45) is 0 Å². The molecule has 0 radical (unpaired) electrons. The summed E-state index contributed by atoms with van der Waals surface area (Å²) in [5.41, 5.74) is 1.94. The number of hydrogen-bond acceptors (Lipinski definition) is 3. The van der Waals surface area contributed by atoms with Gasteiger partial charge >= 0.3 is 0 Å². The standard InChI is InChI=1S/C15H24N2O2/c1-4-10-19-11-15(18)17-14-9-7-6-8-13(14)12(3)16-5-2/h6-9,12,16H,4-5,10-11H2,1-3H3,(H,17,18). The van der Waals surface area contributed by atoms with Crippen LogP contribution in [-0.4, -0.2) is 25.7 Å². The SMILES string of the molecule is CCCOCC(=O)Nc1ccccc1C(C)NCC. The summed E-state index contributed by atoms with van der Waals surface area (Å²) in [5, 5.41) is 6.25. The van der Waals surface area contributed by atoms with Crippen LogP contribution in [0.5, 0.6) is 0 Å². The Hall–Kier alpha value is -1.39. The van der Waals surface area contributed by atoms with Crippen molar-refractivity contribution in [3.05, 3.63) is 29.8 Å². The highest BCUT2D eigenvalue weighted by Crippen LogP contribution is 2.22. The predicted molar refractivity (Wildman–Crippen MR) is 78.3 cm³/mol. The Balaban J connectivity index is 2.64. The van der Waals surface area contributed by atoms with Crippen LogP contribution in [0, 0.1) is 0 Å². The summed E-state index contributed by atoms with van der Waals surface area (Å²) >= 11 is 0. The minimum absolute atomic E-state index is 0.107. The molecule has 1 aromatic carbocycles. The molecule has 0 bridgehead atoms. The molecule has 0 spiro atoms. The van der Waals surface area contributed by atoms with E-state index in [-0.39, 0.29) is 18.6 Å². The number of rotatable bonds is 8. The molecule has 0 saturated heterocycles. The van der Waals surface area contributed by atoms with Crippen molar-refractivity contribution in [2.45, 2.75) is 33.2 Å². The van der Waals surface area contributed by atoms with Gasteiger partial charge in [0.1, 0.15) is 6.61 Å². The maximum Gasteiger partial charge on any atom is 0.250 e. The van der Waals surface area contributed by atoms with Gasteiger partial charge in [0.2, 0.25) is 5.91 Å². The molecule has 0 heterocycles. The molecule has 2 N–H and O–H groups in total. The maximum absolute atomic E-state index is 11.8. The topological polar surface area (TPSA) is 50.4 Å². The molecule has 0 aliphatic carbocycles. The van der Waals surface area contributed by atoms with Crippen LogP contribution in [0.15, 0.2) is 24.3 Å². The lowest BCUT2D eigenvalue weighted by atomic mass is 10.1. The maximum atomic E-state index is 11.8. The number of anilines is 1. The number of carbonyl (C=O) groups excluding carboxylic acids is 1. The Morgan fingerprint density at radius 2 is 2.05 bits per heavy atom. The van der Waals surface area contributed by atoms with E-state index in [0.29, 0.717) is 6.61 Å². The molecule has 0 saturated carbocycles. The Morgan fingerprint density at radius 3 is 2.74 bits per heavy atom. The van der Waals surface area contributed by atoms with Crippen LogP contribution in [0.25, 0.3) is 0 Å². The average molecular weight is 264 g/mol. The number of benzene rings is 1. The zero-order valence-corrected chi connectivity index (χ0v) is 12.0. The third-order valence-electron chi connectivity index (χ3n) is 2.79. The summed E-state index contributed by atoms with van der Waals surface area (Å²) in [6.07, 6.45) is 0.918. The highest BCUT2D eigenvalue weighted by molar-refractivity contribution is 5.92. The van der Waals surface area contributed by atoms with Gasteiger partial charge in [0, 0.05) is 18.3 Å². The van der Waals surface area contributed by atoms with Crippen molar-refractivity contribution in [1.29, 1.82) is 0 Å². The van der Waals surface area contributed by atoms with Gasteiger partial charge in [-0.05, 0) is 31.5 Å². The monoisotopic (exact) mass is 264 g/mol. The summed E-state index contributed by atoms with van der Waals surface area (Å²) in [6, 6.07) is 8.05. The van der Waals surface area contributed by atoms with Crippen molar-refractivity contribution in [3.8, 4) is 0 Å². The molecule has 1 amide bonds. The number of amides is 1. The van der Waals surface area contributed by atoms with E-state index < -0.39 is 0 Å². The van der Waals surface area contributed by atoms with Crippen molar-refractivity contribution < 1.29 is 9.53 Å². The van der Waals surface area contributed by atoms with E-state index in [9.17, 15) is 4.79 Å². The second kappa shape index (κ2) is 8.67. The molecule has 4 heteroatoms. The smallest absolute Gasteiger partial charge is 0.250 e. The van der Waals surface area contributed by atoms with Crippen molar-refractivity contribution >= 4 is 11.6 Å². The van der Waals surface area contributed by atoms with Gasteiger partial charge in [-0.15, -0.1) is 0 Å². The van der Waals surface area contributed by atoms with Crippen molar-refractivity contribution in [2.75, 3.05) is 25.1 Å². The molecular weight excluding hydrogens is 240 g/mol. The van der Waals surface area contributed by atoms with Crippen LogP contribution < -0.4 is 10.6 Å².